The summed E-state index contributed by atoms with van der Waals surface area (Å²) in [6.07, 6.45) is -4.78. The second-order valence-electron chi connectivity index (χ2n) is 9.70. The summed E-state index contributed by atoms with van der Waals surface area (Å²) < 4.78 is 85.2. The van der Waals surface area contributed by atoms with Crippen LogP contribution in [-0.2, 0) is 23.2 Å². The zero-order valence-electron chi connectivity index (χ0n) is 20.4. The van der Waals surface area contributed by atoms with Gasteiger partial charge in [-0.05, 0) is 79.3 Å². The van der Waals surface area contributed by atoms with Gasteiger partial charge < -0.3 is 9.64 Å². The molecular formula is C28H25F6NO2. The molecule has 0 aliphatic carbocycles. The van der Waals surface area contributed by atoms with Crippen molar-refractivity contribution >= 4 is 5.91 Å². The minimum Gasteiger partial charge on any atom is -0.484 e. The van der Waals surface area contributed by atoms with E-state index in [4.69, 9.17) is 4.74 Å². The van der Waals surface area contributed by atoms with E-state index >= 15 is 0 Å². The van der Waals surface area contributed by atoms with Crippen LogP contribution < -0.4 is 4.74 Å². The molecule has 0 saturated heterocycles. The third-order valence-corrected chi connectivity index (χ3v) is 6.58. The fourth-order valence-electron chi connectivity index (χ4n) is 4.73. The molecule has 3 nitrogen and oxygen atoms in total. The van der Waals surface area contributed by atoms with Gasteiger partial charge in [0, 0.05) is 18.7 Å². The molecular weight excluding hydrogens is 496 g/mol. The third-order valence-electron chi connectivity index (χ3n) is 6.58. The lowest BCUT2D eigenvalue weighted by molar-refractivity contribution is -0.153. The van der Waals surface area contributed by atoms with Crippen LogP contribution in [0.1, 0.15) is 37.5 Å². The van der Waals surface area contributed by atoms with Gasteiger partial charge in [0.25, 0.3) is 0 Å². The molecule has 3 aromatic carbocycles. The van der Waals surface area contributed by atoms with Gasteiger partial charge in [0.15, 0.2) is 18.2 Å². The van der Waals surface area contributed by atoms with Crippen molar-refractivity contribution in [1.82, 2.24) is 4.90 Å². The maximum Gasteiger partial charge on any atom is 0.422 e. The van der Waals surface area contributed by atoms with Crippen LogP contribution in [0.15, 0.2) is 54.6 Å². The summed E-state index contributed by atoms with van der Waals surface area (Å²) in [7, 11) is 0. The van der Waals surface area contributed by atoms with Crippen LogP contribution in [0.2, 0.25) is 0 Å². The maximum absolute atomic E-state index is 14.6. The Morgan fingerprint density at radius 1 is 1.00 bits per heavy atom. The zero-order valence-corrected chi connectivity index (χ0v) is 20.4. The Morgan fingerprint density at radius 3 is 2.38 bits per heavy atom. The molecule has 0 spiro atoms. The largest absolute Gasteiger partial charge is 0.484 e. The van der Waals surface area contributed by atoms with E-state index in [1.165, 1.54) is 12.1 Å². The molecule has 9 heteroatoms. The summed E-state index contributed by atoms with van der Waals surface area (Å²) in [6, 6.07) is 12.6. The highest BCUT2D eigenvalue weighted by Crippen LogP contribution is 2.41. The number of halogens is 6. The van der Waals surface area contributed by atoms with Gasteiger partial charge in [-0.2, -0.15) is 13.2 Å². The van der Waals surface area contributed by atoms with E-state index in [-0.39, 0.29) is 36.2 Å². The van der Waals surface area contributed by atoms with Crippen LogP contribution in [0.25, 0.3) is 11.1 Å². The van der Waals surface area contributed by atoms with E-state index < -0.39 is 35.6 Å². The Bertz CT molecular complexity index is 1340. The molecule has 4 rings (SSSR count). The van der Waals surface area contributed by atoms with Gasteiger partial charge in [0.2, 0.25) is 5.91 Å². The quantitative estimate of drug-likeness (QED) is 0.259. The van der Waals surface area contributed by atoms with Crippen LogP contribution in [0.5, 0.6) is 5.75 Å². The molecule has 196 valence electrons. The van der Waals surface area contributed by atoms with Crippen LogP contribution in [0.4, 0.5) is 26.3 Å². The van der Waals surface area contributed by atoms with Crippen molar-refractivity contribution in [2.75, 3.05) is 6.61 Å². The number of nitrogens with zero attached hydrogens (tertiary/aromatic N) is 1. The summed E-state index contributed by atoms with van der Waals surface area (Å²) in [4.78, 5) is 15.3. The molecule has 1 amide bonds. The van der Waals surface area contributed by atoms with Crippen molar-refractivity contribution in [3.63, 3.8) is 0 Å². The number of carbonyl (C=O) groups is 1. The van der Waals surface area contributed by atoms with Gasteiger partial charge >= 0.3 is 6.18 Å². The minimum atomic E-state index is -4.49. The summed E-state index contributed by atoms with van der Waals surface area (Å²) in [5.41, 5.74) is 0.849. The third kappa shape index (κ3) is 5.45. The molecule has 0 radical (unpaired) electrons. The predicted molar refractivity (Wildman–Crippen MR) is 126 cm³/mol. The number of hydrogen-bond acceptors (Lipinski definition) is 2. The van der Waals surface area contributed by atoms with E-state index in [0.29, 0.717) is 22.8 Å². The second-order valence-corrected chi connectivity index (χ2v) is 9.70. The predicted octanol–water partition coefficient (Wildman–Crippen LogP) is 6.96. The molecule has 37 heavy (non-hydrogen) atoms. The van der Waals surface area contributed by atoms with Crippen molar-refractivity contribution in [3.05, 3.63) is 88.7 Å². The molecule has 1 atom stereocenters. The van der Waals surface area contributed by atoms with E-state index in [1.54, 1.807) is 42.2 Å². The number of hydrogen-bond donors (Lipinski definition) is 0. The Labute approximate surface area is 210 Å². The SMILES string of the molecule is CC(C)N1Cc2ccc(-c3cccc(OCC(F)(F)F)c3)cc2C(C)(Cc2cc(F)cc(F)c2F)C1=O. The first kappa shape index (κ1) is 26.6. The summed E-state index contributed by atoms with van der Waals surface area (Å²) in [6.45, 7) is 4.14. The Kier molecular flexibility index (Phi) is 7.01. The molecule has 3 aromatic rings. The molecule has 0 aromatic heterocycles. The zero-order chi connectivity index (χ0) is 27.1. The number of amides is 1. The number of carbonyl (C=O) groups excluding carboxylic acids is 1. The van der Waals surface area contributed by atoms with Gasteiger partial charge in [-0.1, -0.05) is 24.3 Å². The normalized spacial score (nSPS) is 17.8. The first-order chi connectivity index (χ1) is 17.3. The van der Waals surface area contributed by atoms with Gasteiger partial charge in [-0.15, -0.1) is 0 Å². The van der Waals surface area contributed by atoms with E-state index in [0.717, 1.165) is 11.6 Å². The molecule has 1 unspecified atom stereocenters. The summed E-state index contributed by atoms with van der Waals surface area (Å²) in [5.74, 6) is -3.81. The molecule has 1 aliphatic rings. The lowest BCUT2D eigenvalue weighted by Gasteiger charge is -2.43. The minimum absolute atomic E-state index is 0.0228. The first-order valence-corrected chi connectivity index (χ1v) is 11.7. The van der Waals surface area contributed by atoms with Crippen LogP contribution in [-0.4, -0.2) is 29.6 Å². The van der Waals surface area contributed by atoms with Gasteiger partial charge in [-0.3, -0.25) is 4.79 Å². The van der Waals surface area contributed by atoms with Crippen molar-refractivity contribution in [1.29, 1.82) is 0 Å². The lowest BCUT2D eigenvalue weighted by Crippen LogP contribution is -2.53. The summed E-state index contributed by atoms with van der Waals surface area (Å²) >= 11 is 0. The standard InChI is InChI=1S/C28H25F6NO2/c1-16(2)35-14-19-8-7-18(17-5-4-6-22(10-17)37-15-28(32,33)34)11-23(19)27(3,26(35)36)13-20-9-21(29)12-24(30)25(20)31/h4-12,16H,13-15H2,1-3H3. The van der Waals surface area contributed by atoms with E-state index in [1.807, 2.05) is 13.8 Å². The smallest absolute Gasteiger partial charge is 0.422 e. The van der Waals surface area contributed by atoms with E-state index in [9.17, 15) is 31.1 Å². The number of rotatable bonds is 6. The molecule has 0 bridgehead atoms. The fourth-order valence-corrected chi connectivity index (χ4v) is 4.73. The average molecular weight is 522 g/mol. The molecule has 0 N–H and O–H groups in total. The molecule has 0 saturated carbocycles. The van der Waals surface area contributed by atoms with Gasteiger partial charge in [-0.25, -0.2) is 13.2 Å². The van der Waals surface area contributed by atoms with Crippen LogP contribution in [0.3, 0.4) is 0 Å². The van der Waals surface area contributed by atoms with Gasteiger partial charge in [0.05, 0.1) is 5.41 Å². The van der Waals surface area contributed by atoms with Crippen molar-refractivity contribution < 1.29 is 35.9 Å². The lowest BCUT2D eigenvalue weighted by atomic mass is 9.71. The molecule has 1 heterocycles. The highest BCUT2D eigenvalue weighted by Gasteiger charge is 2.45. The topological polar surface area (TPSA) is 29.5 Å². The van der Waals surface area contributed by atoms with Crippen LogP contribution >= 0.6 is 0 Å². The van der Waals surface area contributed by atoms with E-state index in [2.05, 4.69) is 0 Å². The number of benzene rings is 3. The van der Waals surface area contributed by atoms with Gasteiger partial charge in [0.1, 0.15) is 11.6 Å². The van der Waals surface area contributed by atoms with Crippen LogP contribution in [0, 0.1) is 17.5 Å². The number of ether oxygens (including phenoxy) is 1. The second kappa shape index (κ2) is 9.76. The summed E-state index contributed by atoms with van der Waals surface area (Å²) in [5, 5.41) is 0. The highest BCUT2D eigenvalue weighted by molar-refractivity contribution is 5.91. The van der Waals surface area contributed by atoms with Crippen molar-refractivity contribution in [2.45, 2.75) is 51.4 Å². The fraction of sp³-hybridized carbons (Fsp3) is 0.321. The van der Waals surface area contributed by atoms with Crippen molar-refractivity contribution in [2.24, 2.45) is 0 Å². The number of alkyl halides is 3. The molecule has 0 fully saturated rings. The maximum atomic E-state index is 14.6. The Morgan fingerprint density at radius 2 is 1.70 bits per heavy atom. The average Bonchev–Trinajstić information content (AvgIpc) is 2.83. The number of fused-ring (bicyclic) bond motifs is 1. The monoisotopic (exact) mass is 521 g/mol. The Hall–Kier alpha value is -3.49. The van der Waals surface area contributed by atoms with Crippen molar-refractivity contribution in [3.8, 4) is 16.9 Å². The molecule has 1 aliphatic heterocycles. The first-order valence-electron chi connectivity index (χ1n) is 11.7. The Balaban J connectivity index is 1.79. The highest BCUT2D eigenvalue weighted by atomic mass is 19.4.